The van der Waals surface area contributed by atoms with Gasteiger partial charge in [-0.05, 0) is 12.3 Å². The average molecular weight is 140 g/mol. The molecule has 2 nitrogen and oxygen atoms in total. The summed E-state index contributed by atoms with van der Waals surface area (Å²) in [5, 5.41) is 6.47. The molecule has 2 N–H and O–H groups in total. The first-order chi connectivity index (χ1) is 4.70. The van der Waals surface area contributed by atoms with Gasteiger partial charge in [-0.3, -0.25) is 0 Å². The lowest BCUT2D eigenvalue weighted by Gasteiger charge is -2.30. The van der Waals surface area contributed by atoms with Gasteiger partial charge in [-0.15, -0.1) is 0 Å². The van der Waals surface area contributed by atoms with Gasteiger partial charge in [0, 0.05) is 12.6 Å². The Kier molecular flexibility index (Phi) is 2.20. The third-order valence-electron chi connectivity index (χ3n) is 1.96. The van der Waals surface area contributed by atoms with E-state index in [2.05, 4.69) is 31.1 Å². The molecule has 1 atom stereocenters. The Morgan fingerprint density at radius 2 is 2.30 bits per heavy atom. The second-order valence-corrected chi connectivity index (χ2v) is 3.19. The van der Waals surface area contributed by atoms with Gasteiger partial charge in [-0.2, -0.15) is 0 Å². The fraction of sp³-hybridized carbons (Fsp3) is 0.750. The van der Waals surface area contributed by atoms with Crippen molar-refractivity contribution >= 4 is 0 Å². The van der Waals surface area contributed by atoms with Crippen molar-refractivity contribution in [3.8, 4) is 0 Å². The van der Waals surface area contributed by atoms with Crippen molar-refractivity contribution in [2.75, 3.05) is 6.54 Å². The maximum Gasteiger partial charge on any atom is 0.0914 e. The minimum absolute atomic E-state index is 0.619. The molecule has 0 aliphatic carbocycles. The molecule has 0 saturated carbocycles. The molecule has 10 heavy (non-hydrogen) atoms. The van der Waals surface area contributed by atoms with Gasteiger partial charge in [0.2, 0.25) is 0 Å². The van der Waals surface area contributed by atoms with Crippen molar-refractivity contribution in [3.05, 3.63) is 12.4 Å². The zero-order valence-corrected chi connectivity index (χ0v) is 6.78. The van der Waals surface area contributed by atoms with Crippen LogP contribution in [0.4, 0.5) is 0 Å². The van der Waals surface area contributed by atoms with Crippen LogP contribution in [0.2, 0.25) is 0 Å². The van der Waals surface area contributed by atoms with E-state index in [4.69, 9.17) is 0 Å². The molecular weight excluding hydrogens is 124 g/mol. The van der Waals surface area contributed by atoms with Crippen LogP contribution >= 0.6 is 0 Å². The van der Waals surface area contributed by atoms with Gasteiger partial charge in [0.25, 0.3) is 0 Å². The SMILES string of the molecule is C=C1NCCC(C(C)C)N1. The molecule has 0 radical (unpaired) electrons. The van der Waals surface area contributed by atoms with E-state index in [1.54, 1.807) is 0 Å². The van der Waals surface area contributed by atoms with Gasteiger partial charge in [0.15, 0.2) is 0 Å². The molecule has 0 aromatic rings. The summed E-state index contributed by atoms with van der Waals surface area (Å²) in [4.78, 5) is 0. The first-order valence-corrected chi connectivity index (χ1v) is 3.89. The standard InChI is InChI=1S/C8H16N2/c1-6(2)8-4-5-9-7(3)10-8/h6,8-10H,3-5H2,1-2H3. The summed E-state index contributed by atoms with van der Waals surface area (Å²) in [5.74, 6) is 1.68. The smallest absolute Gasteiger partial charge is 0.0914 e. The fourth-order valence-corrected chi connectivity index (χ4v) is 1.23. The quantitative estimate of drug-likeness (QED) is 0.569. The zero-order valence-electron chi connectivity index (χ0n) is 6.78. The van der Waals surface area contributed by atoms with E-state index in [-0.39, 0.29) is 0 Å². The number of hydrogen-bond acceptors (Lipinski definition) is 2. The van der Waals surface area contributed by atoms with Crippen LogP contribution in [0, 0.1) is 5.92 Å². The lowest BCUT2D eigenvalue weighted by Crippen LogP contribution is -2.44. The molecule has 0 amide bonds. The molecule has 1 fully saturated rings. The van der Waals surface area contributed by atoms with Gasteiger partial charge in [-0.1, -0.05) is 20.4 Å². The van der Waals surface area contributed by atoms with Crippen LogP contribution < -0.4 is 10.6 Å². The van der Waals surface area contributed by atoms with Crippen LogP contribution in [0.1, 0.15) is 20.3 Å². The van der Waals surface area contributed by atoms with Crippen LogP contribution in [-0.4, -0.2) is 12.6 Å². The Balaban J connectivity index is 2.39. The molecule has 1 unspecified atom stereocenters. The van der Waals surface area contributed by atoms with E-state index in [0.29, 0.717) is 12.0 Å². The predicted molar refractivity (Wildman–Crippen MR) is 43.5 cm³/mol. The normalized spacial score (nSPS) is 25.9. The molecule has 1 aliphatic heterocycles. The monoisotopic (exact) mass is 140 g/mol. The predicted octanol–water partition coefficient (Wildman–Crippen LogP) is 1.07. The summed E-state index contributed by atoms with van der Waals surface area (Å²) >= 11 is 0. The van der Waals surface area contributed by atoms with Crippen molar-refractivity contribution in [1.29, 1.82) is 0 Å². The van der Waals surface area contributed by atoms with Gasteiger partial charge in [-0.25, -0.2) is 0 Å². The lowest BCUT2D eigenvalue weighted by atomic mass is 10.00. The summed E-state index contributed by atoms with van der Waals surface area (Å²) in [5.41, 5.74) is 0. The Morgan fingerprint density at radius 1 is 1.60 bits per heavy atom. The molecule has 0 spiro atoms. The maximum absolute atomic E-state index is 3.82. The number of rotatable bonds is 1. The Hall–Kier alpha value is -0.660. The molecular formula is C8H16N2. The maximum atomic E-state index is 3.82. The van der Waals surface area contributed by atoms with Gasteiger partial charge >= 0.3 is 0 Å². The van der Waals surface area contributed by atoms with Crippen molar-refractivity contribution in [3.63, 3.8) is 0 Å². The van der Waals surface area contributed by atoms with Crippen molar-refractivity contribution in [2.24, 2.45) is 5.92 Å². The number of hydrogen-bond donors (Lipinski definition) is 2. The highest BCUT2D eigenvalue weighted by Gasteiger charge is 2.16. The van der Waals surface area contributed by atoms with Crippen molar-refractivity contribution in [2.45, 2.75) is 26.3 Å². The van der Waals surface area contributed by atoms with Crippen LogP contribution in [0.25, 0.3) is 0 Å². The molecule has 1 aliphatic rings. The van der Waals surface area contributed by atoms with Gasteiger partial charge in [0.05, 0.1) is 5.82 Å². The summed E-state index contributed by atoms with van der Waals surface area (Å²) in [7, 11) is 0. The van der Waals surface area contributed by atoms with Crippen molar-refractivity contribution in [1.82, 2.24) is 10.6 Å². The minimum atomic E-state index is 0.619. The molecule has 0 bridgehead atoms. The summed E-state index contributed by atoms with van der Waals surface area (Å²) in [6.45, 7) is 9.35. The lowest BCUT2D eigenvalue weighted by molar-refractivity contribution is 0.359. The summed E-state index contributed by atoms with van der Waals surface area (Å²) in [6, 6.07) is 0.619. The summed E-state index contributed by atoms with van der Waals surface area (Å²) < 4.78 is 0. The van der Waals surface area contributed by atoms with E-state index in [1.807, 2.05) is 0 Å². The van der Waals surface area contributed by atoms with Gasteiger partial charge < -0.3 is 10.6 Å². The molecule has 0 aromatic carbocycles. The Labute approximate surface area is 62.7 Å². The molecule has 58 valence electrons. The van der Waals surface area contributed by atoms with E-state index >= 15 is 0 Å². The van der Waals surface area contributed by atoms with Gasteiger partial charge in [0.1, 0.15) is 0 Å². The molecule has 2 heteroatoms. The van der Waals surface area contributed by atoms with E-state index in [0.717, 1.165) is 12.4 Å². The third-order valence-corrected chi connectivity index (χ3v) is 1.96. The third kappa shape index (κ3) is 1.66. The average Bonchev–Trinajstić information content (AvgIpc) is 1.88. The number of nitrogens with one attached hydrogen (secondary N) is 2. The van der Waals surface area contributed by atoms with Crippen LogP contribution in [0.3, 0.4) is 0 Å². The largest absolute Gasteiger partial charge is 0.372 e. The Bertz CT molecular complexity index is 129. The Morgan fingerprint density at radius 3 is 2.70 bits per heavy atom. The second-order valence-electron chi connectivity index (χ2n) is 3.19. The highest BCUT2D eigenvalue weighted by Crippen LogP contribution is 2.09. The van der Waals surface area contributed by atoms with Crippen LogP contribution in [0.5, 0.6) is 0 Å². The second kappa shape index (κ2) is 2.95. The molecule has 1 heterocycles. The van der Waals surface area contributed by atoms with Crippen molar-refractivity contribution < 1.29 is 0 Å². The first kappa shape index (κ1) is 7.45. The van der Waals surface area contributed by atoms with Crippen LogP contribution in [-0.2, 0) is 0 Å². The minimum Gasteiger partial charge on any atom is -0.372 e. The molecule has 1 rings (SSSR count). The van der Waals surface area contributed by atoms with Crippen LogP contribution in [0.15, 0.2) is 12.4 Å². The fourth-order valence-electron chi connectivity index (χ4n) is 1.23. The topological polar surface area (TPSA) is 24.1 Å². The van der Waals surface area contributed by atoms with E-state index in [9.17, 15) is 0 Å². The molecule has 0 aromatic heterocycles. The van der Waals surface area contributed by atoms with E-state index in [1.165, 1.54) is 6.42 Å². The highest BCUT2D eigenvalue weighted by atomic mass is 15.1. The molecule has 1 saturated heterocycles. The highest BCUT2D eigenvalue weighted by molar-refractivity contribution is 4.96. The summed E-state index contributed by atoms with van der Waals surface area (Å²) in [6.07, 6.45) is 1.21. The zero-order chi connectivity index (χ0) is 7.56. The van der Waals surface area contributed by atoms with E-state index < -0.39 is 0 Å². The first-order valence-electron chi connectivity index (χ1n) is 3.89.